The van der Waals surface area contributed by atoms with Gasteiger partial charge in [-0.25, -0.2) is 4.98 Å². The average molecular weight is 326 g/mol. The lowest BCUT2D eigenvalue weighted by atomic mass is 9.93. The van der Waals surface area contributed by atoms with Crippen LogP contribution in [0.4, 0.5) is 14.8 Å². The van der Waals surface area contributed by atoms with Crippen LogP contribution in [0.3, 0.4) is 0 Å². The number of aromatic nitrogens is 5. The summed E-state index contributed by atoms with van der Waals surface area (Å²) in [6, 6.07) is 0.181. The number of piperidine rings is 1. The Morgan fingerprint density at radius 3 is 2.57 bits per heavy atom. The van der Waals surface area contributed by atoms with Crippen LogP contribution in [0.15, 0.2) is 4.42 Å². The van der Waals surface area contributed by atoms with E-state index in [9.17, 15) is 8.78 Å². The number of hydrogen-bond donors (Lipinski definition) is 1. The molecule has 0 atom stereocenters. The van der Waals surface area contributed by atoms with Gasteiger partial charge in [-0.2, -0.15) is 13.9 Å². The number of aromatic amines is 1. The quantitative estimate of drug-likeness (QED) is 0.909. The van der Waals surface area contributed by atoms with Gasteiger partial charge in [0.2, 0.25) is 0 Å². The van der Waals surface area contributed by atoms with Crippen molar-refractivity contribution in [1.82, 2.24) is 25.4 Å². The van der Waals surface area contributed by atoms with Gasteiger partial charge in [-0.3, -0.25) is 5.10 Å². The van der Waals surface area contributed by atoms with E-state index in [0.29, 0.717) is 24.9 Å². The van der Waals surface area contributed by atoms with E-state index >= 15 is 0 Å². The standard InChI is InChI=1S/C14H20F2N6O/c1-8(2)12-17-10(18-19-12)7-9-3-5-22(6-4-9)14-21-20-13(23-14)11(15)16/h8-9,11H,3-7H2,1-2H3,(H,17,18,19). The van der Waals surface area contributed by atoms with Gasteiger partial charge >= 0.3 is 12.4 Å². The molecular weight excluding hydrogens is 306 g/mol. The Bertz CT molecular complexity index is 633. The zero-order chi connectivity index (χ0) is 16.4. The molecule has 1 N–H and O–H groups in total. The fourth-order valence-electron chi connectivity index (χ4n) is 2.70. The second-order valence-corrected chi connectivity index (χ2v) is 6.15. The van der Waals surface area contributed by atoms with Gasteiger partial charge in [0.1, 0.15) is 5.82 Å². The van der Waals surface area contributed by atoms with Crippen molar-refractivity contribution in [2.75, 3.05) is 18.0 Å². The largest absolute Gasteiger partial charge is 0.402 e. The highest BCUT2D eigenvalue weighted by atomic mass is 19.3. The Labute approximate surface area is 132 Å². The molecule has 0 bridgehead atoms. The van der Waals surface area contributed by atoms with E-state index in [1.165, 1.54) is 0 Å². The first kappa shape index (κ1) is 15.8. The van der Waals surface area contributed by atoms with E-state index < -0.39 is 12.3 Å². The Morgan fingerprint density at radius 2 is 2.00 bits per heavy atom. The topological polar surface area (TPSA) is 83.7 Å². The lowest BCUT2D eigenvalue weighted by Gasteiger charge is -2.30. The van der Waals surface area contributed by atoms with Crippen LogP contribution in [-0.2, 0) is 6.42 Å². The van der Waals surface area contributed by atoms with Gasteiger partial charge in [0.05, 0.1) is 0 Å². The van der Waals surface area contributed by atoms with Crippen LogP contribution in [0.25, 0.3) is 0 Å². The molecule has 0 aliphatic carbocycles. The molecule has 0 aromatic carbocycles. The lowest BCUT2D eigenvalue weighted by Crippen LogP contribution is -2.34. The van der Waals surface area contributed by atoms with Crippen LogP contribution in [0.5, 0.6) is 0 Å². The predicted molar refractivity (Wildman–Crippen MR) is 78.4 cm³/mol. The minimum absolute atomic E-state index is 0.181. The molecule has 0 amide bonds. The predicted octanol–water partition coefficient (Wildman–Crippen LogP) is 2.71. The van der Waals surface area contributed by atoms with E-state index in [1.54, 1.807) is 0 Å². The highest BCUT2D eigenvalue weighted by molar-refractivity contribution is 5.25. The molecule has 7 nitrogen and oxygen atoms in total. The van der Waals surface area contributed by atoms with Gasteiger partial charge in [0.15, 0.2) is 5.82 Å². The number of halogens is 2. The van der Waals surface area contributed by atoms with Crippen molar-refractivity contribution < 1.29 is 13.2 Å². The Balaban J connectivity index is 1.53. The first-order valence-corrected chi connectivity index (χ1v) is 7.80. The molecule has 3 rings (SSSR count). The fourth-order valence-corrected chi connectivity index (χ4v) is 2.70. The molecule has 1 aliphatic heterocycles. The summed E-state index contributed by atoms with van der Waals surface area (Å²) in [5.41, 5.74) is 0. The summed E-state index contributed by atoms with van der Waals surface area (Å²) >= 11 is 0. The number of nitrogens with one attached hydrogen (secondary N) is 1. The second-order valence-electron chi connectivity index (χ2n) is 6.15. The van der Waals surface area contributed by atoms with Crippen molar-refractivity contribution in [3.8, 4) is 0 Å². The highest BCUT2D eigenvalue weighted by Gasteiger charge is 2.25. The molecule has 1 saturated heterocycles. The third-order valence-corrected chi connectivity index (χ3v) is 4.05. The molecule has 3 heterocycles. The molecule has 23 heavy (non-hydrogen) atoms. The van der Waals surface area contributed by atoms with Gasteiger partial charge in [-0.1, -0.05) is 18.9 Å². The van der Waals surface area contributed by atoms with Crippen LogP contribution in [-0.4, -0.2) is 38.5 Å². The molecule has 2 aromatic rings. The van der Waals surface area contributed by atoms with Gasteiger partial charge < -0.3 is 9.32 Å². The normalized spacial score (nSPS) is 16.7. The summed E-state index contributed by atoms with van der Waals surface area (Å²) in [7, 11) is 0. The van der Waals surface area contributed by atoms with Gasteiger partial charge in [0, 0.05) is 25.4 Å². The number of H-pyrrole nitrogens is 1. The maximum absolute atomic E-state index is 12.5. The number of nitrogens with zero attached hydrogens (tertiary/aromatic N) is 5. The minimum atomic E-state index is -2.73. The molecule has 0 radical (unpaired) electrons. The van der Waals surface area contributed by atoms with Crippen LogP contribution < -0.4 is 4.90 Å². The van der Waals surface area contributed by atoms with E-state index in [1.807, 2.05) is 4.90 Å². The van der Waals surface area contributed by atoms with Crippen molar-refractivity contribution in [3.05, 3.63) is 17.5 Å². The second kappa shape index (κ2) is 6.59. The molecule has 0 spiro atoms. The number of hydrogen-bond acceptors (Lipinski definition) is 6. The maximum Gasteiger partial charge on any atom is 0.318 e. The van der Waals surface area contributed by atoms with Crippen molar-refractivity contribution in [2.45, 2.75) is 45.5 Å². The summed E-state index contributed by atoms with van der Waals surface area (Å²) in [5, 5.41) is 14.3. The molecule has 1 aliphatic rings. The molecular formula is C14H20F2N6O. The van der Waals surface area contributed by atoms with E-state index in [2.05, 4.69) is 39.2 Å². The lowest BCUT2D eigenvalue weighted by molar-refractivity contribution is 0.115. The highest BCUT2D eigenvalue weighted by Crippen LogP contribution is 2.26. The third-order valence-electron chi connectivity index (χ3n) is 4.05. The Kier molecular flexibility index (Phi) is 4.53. The fraction of sp³-hybridized carbons (Fsp3) is 0.714. The van der Waals surface area contributed by atoms with Gasteiger partial charge in [0.25, 0.3) is 5.89 Å². The molecule has 9 heteroatoms. The minimum Gasteiger partial charge on any atom is -0.402 e. The summed E-state index contributed by atoms with van der Waals surface area (Å²) in [5.74, 6) is 1.91. The number of rotatable bonds is 5. The van der Waals surface area contributed by atoms with E-state index in [4.69, 9.17) is 4.42 Å². The summed E-state index contributed by atoms with van der Waals surface area (Å²) in [6.45, 7) is 5.54. The van der Waals surface area contributed by atoms with E-state index in [-0.39, 0.29) is 6.01 Å². The molecule has 0 saturated carbocycles. The van der Waals surface area contributed by atoms with Crippen molar-refractivity contribution >= 4 is 6.01 Å². The van der Waals surface area contributed by atoms with Gasteiger partial charge in [-0.15, -0.1) is 5.10 Å². The summed E-state index contributed by atoms with van der Waals surface area (Å²) in [6.07, 6.45) is -0.0381. The van der Waals surface area contributed by atoms with E-state index in [0.717, 1.165) is 30.9 Å². The van der Waals surface area contributed by atoms with Crippen molar-refractivity contribution in [2.24, 2.45) is 5.92 Å². The van der Waals surface area contributed by atoms with Crippen LogP contribution in [0.1, 0.15) is 56.6 Å². The Morgan fingerprint density at radius 1 is 1.26 bits per heavy atom. The monoisotopic (exact) mass is 326 g/mol. The zero-order valence-electron chi connectivity index (χ0n) is 13.2. The van der Waals surface area contributed by atoms with Gasteiger partial charge in [-0.05, 0) is 18.8 Å². The van der Waals surface area contributed by atoms with Crippen molar-refractivity contribution in [3.63, 3.8) is 0 Å². The van der Waals surface area contributed by atoms with Crippen LogP contribution >= 0.6 is 0 Å². The first-order chi connectivity index (χ1) is 11.0. The van der Waals surface area contributed by atoms with Crippen LogP contribution in [0, 0.1) is 5.92 Å². The number of alkyl halides is 2. The summed E-state index contributed by atoms with van der Waals surface area (Å²) < 4.78 is 30.0. The van der Waals surface area contributed by atoms with Crippen LogP contribution in [0.2, 0.25) is 0 Å². The zero-order valence-corrected chi connectivity index (χ0v) is 13.2. The first-order valence-electron chi connectivity index (χ1n) is 7.80. The smallest absolute Gasteiger partial charge is 0.318 e. The van der Waals surface area contributed by atoms with Crippen molar-refractivity contribution in [1.29, 1.82) is 0 Å². The summed E-state index contributed by atoms with van der Waals surface area (Å²) in [4.78, 5) is 6.36. The third kappa shape index (κ3) is 3.65. The number of anilines is 1. The average Bonchev–Trinajstić information content (AvgIpc) is 3.17. The Hall–Kier alpha value is -2.06. The molecule has 2 aromatic heterocycles. The molecule has 126 valence electrons. The SMILES string of the molecule is CC(C)c1n[nH]c(CC2CCN(c3nnc(C(F)F)o3)CC2)n1. The maximum atomic E-state index is 12.5. The molecule has 1 fully saturated rings. The molecule has 0 unspecified atom stereocenters.